The van der Waals surface area contributed by atoms with E-state index >= 15 is 0 Å². The van der Waals surface area contributed by atoms with Crippen molar-refractivity contribution in [2.24, 2.45) is 5.92 Å². The molecule has 7 heteroatoms. The van der Waals surface area contributed by atoms with Gasteiger partial charge in [0.2, 0.25) is 5.91 Å². The molecule has 1 atom stereocenters. The molecule has 1 heterocycles. The number of piperidine rings is 1. The van der Waals surface area contributed by atoms with Crippen molar-refractivity contribution in [2.75, 3.05) is 45.7 Å². The number of nitrogens with one attached hydrogen (secondary N) is 1. The van der Waals surface area contributed by atoms with Gasteiger partial charge in [-0.2, -0.15) is 0 Å². The topological polar surface area (TPSA) is 71.1 Å². The van der Waals surface area contributed by atoms with Gasteiger partial charge < -0.3 is 24.6 Å². The van der Waals surface area contributed by atoms with Crippen molar-refractivity contribution >= 4 is 17.6 Å². The van der Waals surface area contributed by atoms with Crippen molar-refractivity contribution in [1.29, 1.82) is 0 Å². The van der Waals surface area contributed by atoms with Gasteiger partial charge in [0.15, 0.2) is 0 Å². The van der Waals surface area contributed by atoms with E-state index in [0.29, 0.717) is 43.4 Å². The van der Waals surface area contributed by atoms with Crippen LogP contribution in [0.15, 0.2) is 18.2 Å². The lowest BCUT2D eigenvalue weighted by molar-refractivity contribution is -0.136. The van der Waals surface area contributed by atoms with E-state index in [1.807, 2.05) is 18.7 Å². The molecule has 0 aliphatic carbocycles. The van der Waals surface area contributed by atoms with Crippen LogP contribution in [0.25, 0.3) is 0 Å². The van der Waals surface area contributed by atoms with Gasteiger partial charge in [-0.15, -0.1) is 0 Å². The van der Waals surface area contributed by atoms with Crippen LogP contribution in [-0.2, 0) is 4.79 Å². The number of anilines is 1. The minimum Gasteiger partial charge on any atom is -0.497 e. The largest absolute Gasteiger partial charge is 0.497 e. The maximum atomic E-state index is 12.7. The van der Waals surface area contributed by atoms with Crippen LogP contribution in [0.2, 0.25) is 0 Å². The lowest BCUT2D eigenvalue weighted by atomic mass is 9.96. The fourth-order valence-electron chi connectivity index (χ4n) is 3.24. The van der Waals surface area contributed by atoms with Crippen LogP contribution in [0.1, 0.15) is 26.7 Å². The summed E-state index contributed by atoms with van der Waals surface area (Å²) >= 11 is 0. The maximum absolute atomic E-state index is 12.7. The molecule has 1 aromatic carbocycles. The van der Waals surface area contributed by atoms with Crippen molar-refractivity contribution in [1.82, 2.24) is 9.80 Å². The summed E-state index contributed by atoms with van der Waals surface area (Å²) in [5.74, 6) is 1.21. The second-order valence-electron chi connectivity index (χ2n) is 6.33. The minimum absolute atomic E-state index is 0.130. The average Bonchev–Trinajstić information content (AvgIpc) is 2.68. The second kappa shape index (κ2) is 9.31. The molecule has 2 rings (SSSR count). The number of carbonyl (C=O) groups excluding carboxylic acids is 2. The Labute approximate surface area is 155 Å². The number of rotatable bonds is 6. The highest BCUT2D eigenvalue weighted by molar-refractivity contribution is 5.90. The highest BCUT2D eigenvalue weighted by Crippen LogP contribution is 2.26. The lowest BCUT2D eigenvalue weighted by Gasteiger charge is -2.34. The van der Waals surface area contributed by atoms with Crippen LogP contribution < -0.4 is 14.8 Å². The van der Waals surface area contributed by atoms with E-state index in [4.69, 9.17) is 9.47 Å². The molecule has 1 fully saturated rings. The maximum Gasteiger partial charge on any atom is 0.321 e. The van der Waals surface area contributed by atoms with Crippen molar-refractivity contribution in [3.05, 3.63) is 18.2 Å². The number of carbonyl (C=O) groups is 2. The quantitative estimate of drug-likeness (QED) is 0.844. The van der Waals surface area contributed by atoms with E-state index in [-0.39, 0.29) is 17.9 Å². The molecule has 1 aliphatic rings. The zero-order valence-electron chi connectivity index (χ0n) is 16.1. The first-order valence-electron chi connectivity index (χ1n) is 9.10. The average molecular weight is 363 g/mol. The molecular formula is C19H29N3O4. The third-order valence-electron chi connectivity index (χ3n) is 4.74. The molecule has 3 amide bonds. The second-order valence-corrected chi connectivity index (χ2v) is 6.33. The molecule has 26 heavy (non-hydrogen) atoms. The van der Waals surface area contributed by atoms with Crippen LogP contribution >= 0.6 is 0 Å². The van der Waals surface area contributed by atoms with E-state index < -0.39 is 0 Å². The van der Waals surface area contributed by atoms with Crippen molar-refractivity contribution < 1.29 is 19.1 Å². The summed E-state index contributed by atoms with van der Waals surface area (Å²) in [5.41, 5.74) is 0.600. The first-order valence-corrected chi connectivity index (χ1v) is 9.10. The van der Waals surface area contributed by atoms with Crippen LogP contribution in [0.4, 0.5) is 10.5 Å². The molecule has 1 aromatic rings. The molecule has 0 saturated carbocycles. The van der Waals surface area contributed by atoms with E-state index in [0.717, 1.165) is 12.8 Å². The van der Waals surface area contributed by atoms with E-state index in [9.17, 15) is 9.59 Å². The van der Waals surface area contributed by atoms with Gasteiger partial charge in [0.05, 0.1) is 20.1 Å². The number of methoxy groups -OCH3 is 2. The summed E-state index contributed by atoms with van der Waals surface area (Å²) in [4.78, 5) is 28.8. The number of urea groups is 1. The Bertz CT molecular complexity index is 609. The summed E-state index contributed by atoms with van der Waals surface area (Å²) in [6.07, 6.45) is 1.65. The Morgan fingerprint density at radius 1 is 1.15 bits per heavy atom. The van der Waals surface area contributed by atoms with Gasteiger partial charge >= 0.3 is 6.03 Å². The third-order valence-corrected chi connectivity index (χ3v) is 4.74. The number of likely N-dealkylation sites (tertiary alicyclic amines) is 1. The zero-order valence-corrected chi connectivity index (χ0v) is 16.1. The number of hydrogen-bond donors (Lipinski definition) is 1. The molecule has 1 N–H and O–H groups in total. The SMILES string of the molecule is CCN(CC)C(=O)C1CCCN(C(=O)Nc2cc(OC)cc(OC)c2)C1. The Balaban J connectivity index is 2.04. The normalized spacial score (nSPS) is 16.8. The van der Waals surface area contributed by atoms with E-state index in [2.05, 4.69) is 5.32 Å². The Morgan fingerprint density at radius 2 is 1.77 bits per heavy atom. The van der Waals surface area contributed by atoms with Gasteiger partial charge in [0.1, 0.15) is 11.5 Å². The molecule has 0 bridgehead atoms. The van der Waals surface area contributed by atoms with Crippen LogP contribution in [0.5, 0.6) is 11.5 Å². The minimum atomic E-state index is -0.211. The van der Waals surface area contributed by atoms with Crippen LogP contribution in [0, 0.1) is 5.92 Å². The molecule has 1 aliphatic heterocycles. The monoisotopic (exact) mass is 363 g/mol. The number of benzene rings is 1. The van der Waals surface area contributed by atoms with Crippen LogP contribution in [-0.4, -0.2) is 62.1 Å². The smallest absolute Gasteiger partial charge is 0.321 e. The molecule has 7 nitrogen and oxygen atoms in total. The fourth-order valence-corrected chi connectivity index (χ4v) is 3.24. The fraction of sp³-hybridized carbons (Fsp3) is 0.579. The van der Waals surface area contributed by atoms with Crippen molar-refractivity contribution in [3.63, 3.8) is 0 Å². The highest BCUT2D eigenvalue weighted by Gasteiger charge is 2.30. The zero-order chi connectivity index (χ0) is 19.1. The Kier molecular flexibility index (Phi) is 7.12. The summed E-state index contributed by atoms with van der Waals surface area (Å²) in [7, 11) is 3.13. The first kappa shape index (κ1) is 19.9. The summed E-state index contributed by atoms with van der Waals surface area (Å²) in [6, 6.07) is 5.01. The molecule has 0 aromatic heterocycles. The number of hydrogen-bond acceptors (Lipinski definition) is 4. The lowest BCUT2D eigenvalue weighted by Crippen LogP contribution is -2.47. The van der Waals surface area contributed by atoms with Gasteiger partial charge in [-0.1, -0.05) is 0 Å². The van der Waals surface area contributed by atoms with Gasteiger partial charge in [-0.05, 0) is 26.7 Å². The summed E-state index contributed by atoms with van der Waals surface area (Å²) in [6.45, 7) is 6.44. The Morgan fingerprint density at radius 3 is 2.31 bits per heavy atom. The van der Waals surface area contributed by atoms with Gasteiger partial charge in [-0.3, -0.25) is 4.79 Å². The first-order chi connectivity index (χ1) is 12.5. The molecule has 0 radical (unpaired) electrons. The van der Waals surface area contributed by atoms with E-state index in [1.165, 1.54) is 0 Å². The van der Waals surface area contributed by atoms with Crippen molar-refractivity contribution in [3.8, 4) is 11.5 Å². The van der Waals surface area contributed by atoms with Crippen molar-refractivity contribution in [2.45, 2.75) is 26.7 Å². The summed E-state index contributed by atoms with van der Waals surface area (Å²) < 4.78 is 10.5. The molecular weight excluding hydrogens is 334 g/mol. The van der Waals surface area contributed by atoms with Gasteiger partial charge in [0, 0.05) is 50.1 Å². The number of ether oxygens (including phenoxy) is 2. The molecule has 144 valence electrons. The third kappa shape index (κ3) is 4.80. The Hall–Kier alpha value is -2.44. The standard InChI is InChI=1S/C19H29N3O4/c1-5-21(6-2)18(23)14-8-7-9-22(13-14)19(24)20-15-10-16(25-3)12-17(11-15)26-4/h10-12,14H,5-9,13H2,1-4H3,(H,20,24). The number of nitrogens with zero attached hydrogens (tertiary/aromatic N) is 2. The summed E-state index contributed by atoms with van der Waals surface area (Å²) in [5, 5.41) is 2.88. The molecule has 1 saturated heterocycles. The van der Waals surface area contributed by atoms with Gasteiger partial charge in [-0.25, -0.2) is 4.79 Å². The highest BCUT2D eigenvalue weighted by atomic mass is 16.5. The van der Waals surface area contributed by atoms with E-state index in [1.54, 1.807) is 37.3 Å². The predicted octanol–water partition coefficient (Wildman–Crippen LogP) is 2.82. The van der Waals surface area contributed by atoms with Gasteiger partial charge in [0.25, 0.3) is 0 Å². The van der Waals surface area contributed by atoms with Crippen LogP contribution in [0.3, 0.4) is 0 Å². The molecule has 1 unspecified atom stereocenters. The predicted molar refractivity (Wildman–Crippen MR) is 101 cm³/mol. The number of amides is 3. The molecule has 0 spiro atoms.